The van der Waals surface area contributed by atoms with Crippen LogP contribution in [0.25, 0.3) is 6.08 Å². The number of carbonyl (C=O) groups excluding carboxylic acids is 4. The first-order valence-electron chi connectivity index (χ1n) is 22.1. The summed E-state index contributed by atoms with van der Waals surface area (Å²) in [5.41, 5.74) is 2.57. The van der Waals surface area contributed by atoms with E-state index in [1.165, 1.54) is 13.0 Å². The summed E-state index contributed by atoms with van der Waals surface area (Å²) in [6, 6.07) is -2.79. The molecule has 1 saturated heterocycles. The number of allylic oxidation sites excluding steroid dienone is 4. The zero-order chi connectivity index (χ0) is 48.8. The maximum atomic E-state index is 15.8. The zero-order valence-electron chi connectivity index (χ0n) is 38.6. The predicted octanol–water partition coefficient (Wildman–Crippen LogP) is 4.91. The molecule has 1 spiro atoms. The number of carboxylic acids is 3. The Bertz CT molecular complexity index is 2360. The third-order valence-corrected chi connectivity index (χ3v) is 15.1. The van der Waals surface area contributed by atoms with Crippen molar-refractivity contribution in [2.24, 2.45) is 23.5 Å². The van der Waals surface area contributed by atoms with Crippen LogP contribution in [0.1, 0.15) is 115 Å². The molecule has 3 heterocycles. The molecule has 1 aromatic carbocycles. The van der Waals surface area contributed by atoms with E-state index in [1.54, 1.807) is 19.9 Å². The number of phenols is 1. The van der Waals surface area contributed by atoms with Gasteiger partial charge in [-0.1, -0.05) is 29.4 Å². The van der Waals surface area contributed by atoms with E-state index < -0.39 is 105 Å². The van der Waals surface area contributed by atoms with Gasteiger partial charge in [0, 0.05) is 46.8 Å². The Kier molecular flexibility index (Phi) is 14.1. The molecule has 18 heteroatoms. The van der Waals surface area contributed by atoms with E-state index in [4.69, 9.17) is 19.9 Å². The van der Waals surface area contributed by atoms with Crippen LogP contribution in [-0.2, 0) is 39.9 Å². The zero-order valence-corrected chi connectivity index (χ0v) is 39.4. The van der Waals surface area contributed by atoms with Crippen LogP contribution in [0.2, 0.25) is 0 Å². The van der Waals surface area contributed by atoms with Crippen LogP contribution in [0.15, 0.2) is 41.0 Å². The second kappa shape index (κ2) is 18.7. The number of aliphatic carboxylic acids is 3. The van der Waals surface area contributed by atoms with Crippen molar-refractivity contribution < 1.29 is 68.2 Å². The smallest absolute Gasteiger partial charge is 0.330 e. The molecule has 1 aromatic rings. The van der Waals surface area contributed by atoms with Crippen molar-refractivity contribution in [2.75, 3.05) is 12.3 Å². The Morgan fingerprint density at radius 3 is 2.27 bits per heavy atom. The number of ether oxygens (including phenoxy) is 3. The monoisotopic (exact) mass is 935 g/mol. The Balaban J connectivity index is 1.53. The van der Waals surface area contributed by atoms with Crippen LogP contribution in [-0.4, -0.2) is 114 Å². The summed E-state index contributed by atoms with van der Waals surface area (Å²) in [6.07, 6.45) is 9.76. The third kappa shape index (κ3) is 9.03. The molecule has 2 amide bonds. The van der Waals surface area contributed by atoms with Gasteiger partial charge in [0.15, 0.2) is 22.8 Å². The number of rotatable bonds is 19. The SMILES string of the molecule is CC(C)=CCC[C@]1(C)C=Cc2c(O)c3c(c(CC=C(C)C)c2O1)O[C@]12C(C3=O)C(SC[C@H](NC(=O)CC[C@H](N)C(=O)O)C(=O)NCC(=O)O)[C@@H]3C[C@H]1C(C)(C)O[C@@]2(C/C=C(/C)C(=O)O)C3=O. The van der Waals surface area contributed by atoms with Gasteiger partial charge in [-0.15, -0.1) is 0 Å². The van der Waals surface area contributed by atoms with Gasteiger partial charge in [0.05, 0.1) is 17.1 Å². The highest BCUT2D eigenvalue weighted by molar-refractivity contribution is 8.00. The standard InChI is InChI=1S/C48H61N3O14S/c1-23(2)10-9-17-46(8)18-16-26-36(55)34-37(56)35-40(66-22-30(42(58)50-21-33(53)54)51-32(52)14-13-29(49)44(61)62)28-20-31-45(6,7)65-47(41(28)57,19-15-25(5)43(59)60)48(31,35)64-39(34)27(38(26)63-46)12-11-24(3)4/h10-11,15-16,18,28-31,35,40,55H,9,12-14,17,19-22,49H2,1-8H3,(H,50,58)(H,51,52)(H,53,54)(H,59,60)(H,61,62)/b25-15-/t28-,29-,30-,31-,35?,40?,46+,47-,48-/m0/s1. The Morgan fingerprint density at radius 2 is 1.65 bits per heavy atom. The van der Waals surface area contributed by atoms with Gasteiger partial charge >= 0.3 is 17.9 Å². The molecule has 3 aliphatic carbocycles. The molecule has 358 valence electrons. The Hall–Kier alpha value is -5.46. The third-order valence-electron chi connectivity index (χ3n) is 13.5. The summed E-state index contributed by atoms with van der Waals surface area (Å²) in [6.45, 7) is 14.0. The highest BCUT2D eigenvalue weighted by atomic mass is 32.2. The summed E-state index contributed by atoms with van der Waals surface area (Å²) in [5, 5.41) is 44.7. The maximum absolute atomic E-state index is 15.8. The molecule has 7 rings (SSSR count). The average molecular weight is 936 g/mol. The number of amides is 2. The predicted molar refractivity (Wildman–Crippen MR) is 243 cm³/mol. The fraction of sp³-hybridized carbons (Fsp3) is 0.562. The van der Waals surface area contributed by atoms with Crippen LogP contribution in [0.4, 0.5) is 0 Å². The van der Waals surface area contributed by atoms with Gasteiger partial charge in [0.2, 0.25) is 11.8 Å². The maximum Gasteiger partial charge on any atom is 0.330 e. The van der Waals surface area contributed by atoms with Gasteiger partial charge < -0.3 is 51.0 Å². The van der Waals surface area contributed by atoms with Crippen molar-refractivity contribution in [3.63, 3.8) is 0 Å². The largest absolute Gasteiger partial charge is 0.506 e. The molecule has 17 nitrogen and oxygen atoms in total. The lowest BCUT2D eigenvalue weighted by atomic mass is 9.46. The van der Waals surface area contributed by atoms with Crippen molar-refractivity contribution in [2.45, 2.75) is 140 Å². The number of hydrogen-bond donors (Lipinski definition) is 7. The number of phenolic OH excluding ortho intramolecular Hbond substituents is 1. The molecular formula is C48H61N3O14S. The molecule has 0 radical (unpaired) electrons. The van der Waals surface area contributed by atoms with Gasteiger partial charge in [-0.05, 0) is 99.6 Å². The topological polar surface area (TPSA) is 278 Å². The van der Waals surface area contributed by atoms with Crippen molar-refractivity contribution in [1.82, 2.24) is 10.6 Å². The molecule has 6 aliphatic rings. The number of carboxylic acid groups (broad SMARTS) is 3. The van der Waals surface area contributed by atoms with Crippen LogP contribution >= 0.6 is 11.8 Å². The number of hydrogen-bond acceptors (Lipinski definition) is 13. The summed E-state index contributed by atoms with van der Waals surface area (Å²) >= 11 is 1.02. The van der Waals surface area contributed by atoms with Crippen LogP contribution in [0.3, 0.4) is 0 Å². The van der Waals surface area contributed by atoms with E-state index >= 15 is 9.59 Å². The molecule has 4 bridgehead atoms. The summed E-state index contributed by atoms with van der Waals surface area (Å²) in [5.74, 6) is -9.74. The van der Waals surface area contributed by atoms with E-state index in [0.717, 1.165) is 22.9 Å². The van der Waals surface area contributed by atoms with E-state index in [-0.39, 0.29) is 66.1 Å². The lowest BCUT2D eigenvalue weighted by molar-refractivity contribution is -0.198. The van der Waals surface area contributed by atoms with Crippen molar-refractivity contribution >= 4 is 59.1 Å². The summed E-state index contributed by atoms with van der Waals surface area (Å²) < 4.78 is 21.1. The molecule has 66 heavy (non-hydrogen) atoms. The van der Waals surface area contributed by atoms with E-state index in [9.17, 15) is 44.4 Å². The molecule has 8 N–H and O–H groups in total. The van der Waals surface area contributed by atoms with Gasteiger partial charge in [0.1, 0.15) is 47.0 Å². The van der Waals surface area contributed by atoms with Gasteiger partial charge in [0.25, 0.3) is 0 Å². The fourth-order valence-corrected chi connectivity index (χ4v) is 11.9. The summed E-state index contributed by atoms with van der Waals surface area (Å²) in [4.78, 5) is 92.9. The average Bonchev–Trinajstić information content (AvgIpc) is 3.37. The number of aromatic hydroxyl groups is 1. The molecule has 9 atom stereocenters. The van der Waals surface area contributed by atoms with Crippen LogP contribution in [0.5, 0.6) is 17.2 Å². The number of nitrogens with two attached hydrogens (primary N) is 1. The van der Waals surface area contributed by atoms with E-state index in [1.807, 2.05) is 46.8 Å². The Morgan fingerprint density at radius 1 is 0.970 bits per heavy atom. The Labute approximate surface area is 387 Å². The number of carbonyl (C=O) groups is 7. The molecular weight excluding hydrogens is 875 g/mol. The van der Waals surface area contributed by atoms with Crippen molar-refractivity contribution in [1.29, 1.82) is 0 Å². The number of fused-ring (bicyclic) bond motifs is 2. The lowest BCUT2D eigenvalue weighted by Gasteiger charge is -2.63. The molecule has 3 saturated carbocycles. The van der Waals surface area contributed by atoms with E-state index in [2.05, 4.69) is 16.7 Å². The molecule has 3 aliphatic heterocycles. The second-order valence-corrected chi connectivity index (χ2v) is 20.5. The number of benzene rings is 1. The fourth-order valence-electron chi connectivity index (χ4n) is 10.3. The lowest BCUT2D eigenvalue weighted by Crippen LogP contribution is -2.79. The minimum Gasteiger partial charge on any atom is -0.506 e. The number of thioether (sulfide) groups is 1. The quantitative estimate of drug-likeness (QED) is 0.0717. The number of Topliss-reactive ketones (excluding diaryl/α,β-unsaturated/α-hetero) is 2. The number of nitrogens with one attached hydrogen (secondary N) is 2. The summed E-state index contributed by atoms with van der Waals surface area (Å²) in [7, 11) is 0. The first kappa shape index (κ1) is 50.0. The first-order chi connectivity index (χ1) is 30.8. The van der Waals surface area contributed by atoms with Gasteiger partial charge in [-0.3, -0.25) is 28.8 Å². The van der Waals surface area contributed by atoms with Crippen LogP contribution < -0.4 is 25.8 Å². The van der Waals surface area contributed by atoms with Crippen molar-refractivity contribution in [3.8, 4) is 17.2 Å². The molecule has 0 aromatic heterocycles. The minimum absolute atomic E-state index is 0.0243. The minimum atomic E-state index is -1.91. The first-order valence-corrected chi connectivity index (χ1v) is 23.2. The van der Waals surface area contributed by atoms with Crippen LogP contribution in [0, 0.1) is 17.8 Å². The normalized spacial score (nSPS) is 28.3. The molecule has 2 unspecified atom stereocenters. The van der Waals surface area contributed by atoms with Crippen molar-refractivity contribution in [3.05, 3.63) is 57.7 Å². The number of ketones is 2. The van der Waals surface area contributed by atoms with Gasteiger partial charge in [-0.2, -0.15) is 11.8 Å². The van der Waals surface area contributed by atoms with Gasteiger partial charge in [-0.25, -0.2) is 4.79 Å². The second-order valence-electron chi connectivity index (χ2n) is 19.3. The molecule has 4 fully saturated rings. The van der Waals surface area contributed by atoms with E-state index in [0.29, 0.717) is 24.2 Å². The highest BCUT2D eigenvalue weighted by Gasteiger charge is 2.85. The highest BCUT2D eigenvalue weighted by Crippen LogP contribution is 2.72.